The van der Waals surface area contributed by atoms with Gasteiger partial charge in [-0.3, -0.25) is 14.9 Å². The average molecular weight is 472 g/mol. The number of imide groups is 1. The zero-order valence-electron chi connectivity index (χ0n) is 14.1. The fourth-order valence-electron chi connectivity index (χ4n) is 1.72. The van der Waals surface area contributed by atoms with E-state index in [1.54, 1.807) is 11.6 Å². The van der Waals surface area contributed by atoms with Gasteiger partial charge in [0.15, 0.2) is 6.10 Å². The maximum absolute atomic E-state index is 13.7. The Morgan fingerprint density at radius 2 is 1.89 bits per heavy atom. The van der Waals surface area contributed by atoms with Crippen LogP contribution in [0.15, 0.2) is 21.5 Å². The van der Waals surface area contributed by atoms with E-state index < -0.39 is 57.1 Å². The van der Waals surface area contributed by atoms with Gasteiger partial charge in [0, 0.05) is 17.1 Å². The van der Waals surface area contributed by atoms with E-state index in [0.29, 0.717) is 6.07 Å². The number of rotatable bonds is 7. The lowest BCUT2D eigenvalue weighted by molar-refractivity contribution is -0.153. The van der Waals surface area contributed by atoms with E-state index in [4.69, 9.17) is 0 Å². The second-order valence-corrected chi connectivity index (χ2v) is 7.56. The summed E-state index contributed by atoms with van der Waals surface area (Å²) in [5.74, 6) is -4.44. The van der Waals surface area contributed by atoms with Crippen LogP contribution in [-0.4, -0.2) is 45.5 Å². The molecule has 1 rings (SSSR count). The maximum Gasteiger partial charge on any atom is 0.321 e. The summed E-state index contributed by atoms with van der Waals surface area (Å²) in [4.78, 5) is 33.6. The molecule has 1 aromatic rings. The van der Waals surface area contributed by atoms with Crippen LogP contribution in [0.5, 0.6) is 0 Å². The van der Waals surface area contributed by atoms with Crippen LogP contribution in [0.2, 0.25) is 0 Å². The van der Waals surface area contributed by atoms with Crippen molar-refractivity contribution in [1.82, 2.24) is 15.4 Å². The molecule has 0 aliphatic heterocycles. The largest absolute Gasteiger partial charge is 0.452 e. The molecule has 1 atom stereocenters. The topological polar surface area (TPSA) is 131 Å². The molecule has 27 heavy (non-hydrogen) atoms. The standard InChI is InChI=1S/C14H16BrF2N3O6S/c1-3-18-14(23)20-13(22)7(2)26-11(21)6-19-27(24,25)12-9(15)4-8(16)5-10(12)17/h4-5,7,19H,3,6H2,1-2H3,(H2,18,20,22,23)/t7-/m0/s1. The lowest BCUT2D eigenvalue weighted by Crippen LogP contribution is -2.45. The molecule has 0 aromatic heterocycles. The molecule has 0 saturated carbocycles. The quantitative estimate of drug-likeness (QED) is 0.503. The van der Waals surface area contributed by atoms with Gasteiger partial charge in [-0.15, -0.1) is 0 Å². The summed E-state index contributed by atoms with van der Waals surface area (Å²) >= 11 is 2.73. The SMILES string of the molecule is CCNC(=O)NC(=O)[C@H](C)OC(=O)CNS(=O)(=O)c1c(F)cc(F)cc1Br. The van der Waals surface area contributed by atoms with Crippen LogP contribution in [0.4, 0.5) is 13.6 Å². The van der Waals surface area contributed by atoms with Gasteiger partial charge in [-0.1, -0.05) is 0 Å². The van der Waals surface area contributed by atoms with Gasteiger partial charge in [0.05, 0.1) is 0 Å². The summed E-state index contributed by atoms with van der Waals surface area (Å²) in [5, 5.41) is 4.20. The second-order valence-electron chi connectivity index (χ2n) is 5.00. The zero-order valence-corrected chi connectivity index (χ0v) is 16.5. The Labute approximate surface area is 162 Å². The maximum atomic E-state index is 13.7. The number of hydrogen-bond acceptors (Lipinski definition) is 6. The molecule has 150 valence electrons. The van der Waals surface area contributed by atoms with Gasteiger partial charge in [-0.2, -0.15) is 4.72 Å². The number of carbonyl (C=O) groups excluding carboxylic acids is 3. The Morgan fingerprint density at radius 1 is 1.26 bits per heavy atom. The van der Waals surface area contributed by atoms with Crippen molar-refractivity contribution in [1.29, 1.82) is 0 Å². The summed E-state index contributed by atoms with van der Waals surface area (Å²) in [6.07, 6.45) is -1.39. The van der Waals surface area contributed by atoms with Crippen molar-refractivity contribution in [2.45, 2.75) is 24.8 Å². The van der Waals surface area contributed by atoms with Crippen LogP contribution < -0.4 is 15.4 Å². The molecule has 0 spiro atoms. The number of urea groups is 1. The van der Waals surface area contributed by atoms with Gasteiger partial charge < -0.3 is 10.1 Å². The predicted molar refractivity (Wildman–Crippen MR) is 92.0 cm³/mol. The third kappa shape index (κ3) is 6.84. The highest BCUT2D eigenvalue weighted by Crippen LogP contribution is 2.25. The average Bonchev–Trinajstić information content (AvgIpc) is 2.51. The minimum absolute atomic E-state index is 0.268. The number of amides is 3. The number of ether oxygens (including phenoxy) is 1. The number of nitrogens with one attached hydrogen (secondary N) is 3. The lowest BCUT2D eigenvalue weighted by atomic mass is 10.3. The van der Waals surface area contributed by atoms with Crippen molar-refractivity contribution >= 4 is 43.9 Å². The van der Waals surface area contributed by atoms with Gasteiger partial charge in [0.2, 0.25) is 10.0 Å². The third-order valence-electron chi connectivity index (χ3n) is 2.89. The van der Waals surface area contributed by atoms with E-state index in [1.807, 2.05) is 5.32 Å². The Morgan fingerprint density at radius 3 is 2.44 bits per heavy atom. The number of benzene rings is 1. The third-order valence-corrected chi connectivity index (χ3v) is 5.25. The molecule has 0 unspecified atom stereocenters. The molecule has 3 amide bonds. The van der Waals surface area contributed by atoms with Gasteiger partial charge in [-0.05, 0) is 35.8 Å². The number of halogens is 3. The van der Waals surface area contributed by atoms with Crippen molar-refractivity contribution in [2.75, 3.05) is 13.1 Å². The van der Waals surface area contributed by atoms with Crippen molar-refractivity contribution < 1.29 is 36.3 Å². The fraction of sp³-hybridized carbons (Fsp3) is 0.357. The van der Waals surface area contributed by atoms with Crippen molar-refractivity contribution in [3.05, 3.63) is 28.2 Å². The first-order valence-electron chi connectivity index (χ1n) is 7.40. The van der Waals surface area contributed by atoms with E-state index in [0.717, 1.165) is 13.0 Å². The minimum Gasteiger partial charge on any atom is -0.452 e. The van der Waals surface area contributed by atoms with E-state index in [2.05, 4.69) is 26.0 Å². The second kappa shape index (κ2) is 9.71. The molecule has 0 aliphatic carbocycles. The summed E-state index contributed by atoms with van der Waals surface area (Å²) in [5.41, 5.74) is 0. The van der Waals surface area contributed by atoms with Crippen LogP contribution in [0, 0.1) is 11.6 Å². The molecule has 0 radical (unpaired) electrons. The van der Waals surface area contributed by atoms with Crippen molar-refractivity contribution in [2.24, 2.45) is 0 Å². The van der Waals surface area contributed by atoms with Crippen molar-refractivity contribution in [3.63, 3.8) is 0 Å². The lowest BCUT2D eigenvalue weighted by Gasteiger charge is -2.14. The molecule has 0 bridgehead atoms. The number of sulfonamides is 1. The number of esters is 1. The van der Waals surface area contributed by atoms with Crippen LogP contribution in [0.25, 0.3) is 0 Å². The minimum atomic E-state index is -4.52. The monoisotopic (exact) mass is 471 g/mol. The summed E-state index contributed by atoms with van der Waals surface area (Å²) in [6.45, 7) is 2.13. The summed E-state index contributed by atoms with van der Waals surface area (Å²) < 4.78 is 57.0. The van der Waals surface area contributed by atoms with Crippen LogP contribution in [-0.2, 0) is 24.3 Å². The number of hydrogen-bond donors (Lipinski definition) is 3. The molecule has 9 nitrogen and oxygen atoms in total. The molecule has 0 fully saturated rings. The number of carbonyl (C=O) groups is 3. The van der Waals surface area contributed by atoms with E-state index >= 15 is 0 Å². The van der Waals surface area contributed by atoms with Crippen LogP contribution in [0.1, 0.15) is 13.8 Å². The first-order chi connectivity index (χ1) is 12.5. The fourth-order valence-corrected chi connectivity index (χ4v) is 3.85. The smallest absolute Gasteiger partial charge is 0.321 e. The van der Waals surface area contributed by atoms with Gasteiger partial charge in [-0.25, -0.2) is 22.0 Å². The molecule has 1 aromatic carbocycles. The van der Waals surface area contributed by atoms with Crippen LogP contribution in [0.3, 0.4) is 0 Å². The summed E-state index contributed by atoms with van der Waals surface area (Å²) in [7, 11) is -4.52. The van der Waals surface area contributed by atoms with E-state index in [9.17, 15) is 31.6 Å². The summed E-state index contributed by atoms with van der Waals surface area (Å²) in [6, 6.07) is 0.317. The molecular formula is C14H16BrF2N3O6S. The molecule has 13 heteroatoms. The molecular weight excluding hydrogens is 456 g/mol. The Hall–Kier alpha value is -2.12. The van der Waals surface area contributed by atoms with Crippen LogP contribution >= 0.6 is 15.9 Å². The Bertz CT molecular complexity index is 826. The zero-order chi connectivity index (χ0) is 20.8. The highest BCUT2D eigenvalue weighted by atomic mass is 79.9. The molecule has 3 N–H and O–H groups in total. The first kappa shape index (κ1) is 22.9. The molecule has 0 heterocycles. The van der Waals surface area contributed by atoms with Gasteiger partial charge in [0.1, 0.15) is 23.1 Å². The first-order valence-corrected chi connectivity index (χ1v) is 9.68. The van der Waals surface area contributed by atoms with Gasteiger partial charge in [0.25, 0.3) is 5.91 Å². The molecule has 0 aliphatic rings. The predicted octanol–water partition coefficient (Wildman–Crippen LogP) is 0.783. The molecule has 0 saturated heterocycles. The highest BCUT2D eigenvalue weighted by molar-refractivity contribution is 9.10. The highest BCUT2D eigenvalue weighted by Gasteiger charge is 2.26. The Balaban J connectivity index is 2.68. The normalized spacial score (nSPS) is 12.2. The van der Waals surface area contributed by atoms with Crippen molar-refractivity contribution in [3.8, 4) is 0 Å². The Kier molecular flexibility index (Phi) is 8.24. The van der Waals surface area contributed by atoms with Gasteiger partial charge >= 0.3 is 12.0 Å². The van der Waals surface area contributed by atoms with E-state index in [1.165, 1.54) is 0 Å². The van der Waals surface area contributed by atoms with E-state index in [-0.39, 0.29) is 11.0 Å².